The van der Waals surface area contributed by atoms with Crippen LogP contribution in [0.2, 0.25) is 5.02 Å². The summed E-state index contributed by atoms with van der Waals surface area (Å²) in [5.74, 6) is -4.61. The summed E-state index contributed by atoms with van der Waals surface area (Å²) in [5, 5.41) is 16.2. The van der Waals surface area contributed by atoms with Gasteiger partial charge in [-0.25, -0.2) is 0 Å². The minimum Gasteiger partial charge on any atom is -0.507 e. The zero-order valence-corrected chi connectivity index (χ0v) is 21.9. The molecule has 0 aromatic heterocycles. The van der Waals surface area contributed by atoms with E-state index in [4.69, 9.17) is 21.1 Å². The van der Waals surface area contributed by atoms with Crippen LogP contribution in [-0.2, 0) is 26.3 Å². The molecular weight excluding hydrogens is 510 g/mol. The van der Waals surface area contributed by atoms with Gasteiger partial charge in [0.15, 0.2) is 17.3 Å². The second-order valence-electron chi connectivity index (χ2n) is 9.63. The lowest BCUT2D eigenvalue weighted by molar-refractivity contribution is -0.140. The zero-order chi connectivity index (χ0) is 27.5. The molecule has 1 heterocycles. The third-order valence-electron chi connectivity index (χ3n) is 7.35. The van der Waals surface area contributed by atoms with Crippen molar-refractivity contribution in [2.45, 2.75) is 32.7 Å². The third kappa shape index (κ3) is 3.67. The molecule has 2 atom stereocenters. The first-order valence-electron chi connectivity index (χ1n) is 11.9. The van der Waals surface area contributed by atoms with Crippen LogP contribution in [0.5, 0.6) is 17.2 Å². The number of aryl methyl sites for hydroxylation is 1. The second kappa shape index (κ2) is 8.99. The SMILES string of the molecule is COc1cc(O)c2c(c1C(=O)NCc1c(C)ccc3cc(Cl)ccc13)OC1=CC(=O)C(C(C)=O)C(=O)[C@]12C. The first-order chi connectivity index (χ1) is 18.0. The highest BCUT2D eigenvalue weighted by molar-refractivity contribution is 6.31. The summed E-state index contributed by atoms with van der Waals surface area (Å²) < 4.78 is 11.3. The molecule has 1 aliphatic heterocycles. The number of ketones is 3. The van der Waals surface area contributed by atoms with Crippen molar-refractivity contribution in [1.29, 1.82) is 0 Å². The summed E-state index contributed by atoms with van der Waals surface area (Å²) >= 11 is 6.14. The summed E-state index contributed by atoms with van der Waals surface area (Å²) in [5.41, 5.74) is 0.182. The van der Waals surface area contributed by atoms with Gasteiger partial charge in [-0.1, -0.05) is 29.8 Å². The number of benzene rings is 3. The van der Waals surface area contributed by atoms with Crippen molar-refractivity contribution in [2.24, 2.45) is 5.92 Å². The van der Waals surface area contributed by atoms with E-state index in [2.05, 4.69) is 5.32 Å². The quantitative estimate of drug-likeness (QED) is 0.468. The van der Waals surface area contributed by atoms with Gasteiger partial charge >= 0.3 is 0 Å². The van der Waals surface area contributed by atoms with Crippen molar-refractivity contribution < 1.29 is 33.8 Å². The number of halogens is 1. The van der Waals surface area contributed by atoms with Crippen LogP contribution in [0.1, 0.15) is 40.9 Å². The number of allylic oxidation sites excluding steroid dienone is 2. The van der Waals surface area contributed by atoms with Gasteiger partial charge < -0.3 is 19.9 Å². The average molecular weight is 534 g/mol. The van der Waals surface area contributed by atoms with E-state index in [0.29, 0.717) is 5.02 Å². The van der Waals surface area contributed by atoms with Crippen LogP contribution in [0, 0.1) is 12.8 Å². The van der Waals surface area contributed by atoms with E-state index in [1.165, 1.54) is 20.1 Å². The number of nitrogens with one attached hydrogen (secondary N) is 1. The van der Waals surface area contributed by atoms with Gasteiger partial charge in [-0.05, 0) is 54.8 Å². The number of hydrogen-bond donors (Lipinski definition) is 2. The fourth-order valence-electron chi connectivity index (χ4n) is 5.32. The van der Waals surface area contributed by atoms with Crippen LogP contribution < -0.4 is 14.8 Å². The number of Topliss-reactive ketones (excluding diaryl/α,β-unsaturated/α-hetero) is 2. The molecule has 0 saturated carbocycles. The molecule has 0 fully saturated rings. The van der Waals surface area contributed by atoms with Crippen LogP contribution in [0.4, 0.5) is 0 Å². The van der Waals surface area contributed by atoms with Crippen molar-refractivity contribution >= 4 is 45.6 Å². The second-order valence-corrected chi connectivity index (χ2v) is 10.1. The Balaban J connectivity index is 1.58. The fourth-order valence-corrected chi connectivity index (χ4v) is 5.50. The summed E-state index contributed by atoms with van der Waals surface area (Å²) in [6.07, 6.45) is 1.09. The van der Waals surface area contributed by atoms with Crippen molar-refractivity contribution in [3.8, 4) is 17.2 Å². The van der Waals surface area contributed by atoms with Gasteiger partial charge in [0, 0.05) is 23.7 Å². The maximum absolute atomic E-state index is 13.6. The van der Waals surface area contributed by atoms with Gasteiger partial charge in [-0.15, -0.1) is 0 Å². The Morgan fingerprint density at radius 2 is 1.92 bits per heavy atom. The smallest absolute Gasteiger partial charge is 0.259 e. The van der Waals surface area contributed by atoms with Gasteiger partial charge in [-0.2, -0.15) is 0 Å². The molecule has 1 aliphatic carbocycles. The molecule has 1 unspecified atom stereocenters. The van der Waals surface area contributed by atoms with Crippen molar-refractivity contribution in [2.75, 3.05) is 7.11 Å². The molecule has 2 N–H and O–H groups in total. The summed E-state index contributed by atoms with van der Waals surface area (Å²) in [4.78, 5) is 51.7. The number of phenols is 1. The lowest BCUT2D eigenvalue weighted by atomic mass is 9.67. The van der Waals surface area contributed by atoms with Crippen LogP contribution in [0.25, 0.3) is 10.8 Å². The molecule has 0 bridgehead atoms. The molecule has 194 valence electrons. The van der Waals surface area contributed by atoms with Crippen LogP contribution >= 0.6 is 11.6 Å². The highest BCUT2D eigenvalue weighted by Gasteiger charge is 2.58. The first-order valence-corrected chi connectivity index (χ1v) is 12.3. The van der Waals surface area contributed by atoms with E-state index in [0.717, 1.165) is 34.9 Å². The van der Waals surface area contributed by atoms with Crippen LogP contribution in [0.3, 0.4) is 0 Å². The standard InChI is InChI=1S/C29H24ClNO7/c1-13-5-6-15-9-16(30)7-8-17(15)18(13)12-31-28(36)24-21(37-4)10-20(34)25-26(24)38-22-11-19(33)23(14(2)32)27(35)29(22,25)3/h5-11,23,34H,12H2,1-4H3,(H,31,36)/t23?,29-/m1/s1. The van der Waals surface area contributed by atoms with E-state index >= 15 is 0 Å². The highest BCUT2D eigenvalue weighted by Crippen LogP contribution is 2.56. The van der Waals surface area contributed by atoms with Crippen LogP contribution in [-0.4, -0.2) is 35.5 Å². The van der Waals surface area contributed by atoms with E-state index in [1.54, 1.807) is 6.07 Å². The Morgan fingerprint density at radius 3 is 2.61 bits per heavy atom. The molecule has 0 spiro atoms. The summed E-state index contributed by atoms with van der Waals surface area (Å²) in [6.45, 7) is 4.72. The van der Waals surface area contributed by atoms with Gasteiger partial charge in [0.2, 0.25) is 0 Å². The number of ether oxygens (including phenoxy) is 2. The predicted octanol–water partition coefficient (Wildman–Crippen LogP) is 4.34. The molecule has 0 radical (unpaired) electrons. The lowest BCUT2D eigenvalue weighted by Gasteiger charge is -2.30. The molecular formula is C29H24ClNO7. The third-order valence-corrected chi connectivity index (χ3v) is 7.58. The molecule has 3 aromatic rings. The number of aromatic hydroxyl groups is 1. The topological polar surface area (TPSA) is 119 Å². The molecule has 3 aromatic carbocycles. The van der Waals surface area contributed by atoms with Crippen molar-refractivity contribution in [1.82, 2.24) is 5.32 Å². The van der Waals surface area contributed by atoms with E-state index in [9.17, 15) is 24.3 Å². The predicted molar refractivity (Wildman–Crippen MR) is 140 cm³/mol. The Morgan fingerprint density at radius 1 is 1.18 bits per heavy atom. The number of carbonyl (C=O) groups is 4. The van der Waals surface area contributed by atoms with Gasteiger partial charge in [0.1, 0.15) is 39.9 Å². The summed E-state index contributed by atoms with van der Waals surface area (Å²) in [7, 11) is 1.33. The van der Waals surface area contributed by atoms with Crippen molar-refractivity contribution in [3.63, 3.8) is 0 Å². The highest BCUT2D eigenvalue weighted by atomic mass is 35.5. The van der Waals surface area contributed by atoms with Crippen molar-refractivity contribution in [3.05, 3.63) is 75.5 Å². The molecule has 8 nitrogen and oxygen atoms in total. The number of methoxy groups -OCH3 is 1. The number of amides is 1. The van der Waals surface area contributed by atoms with E-state index in [1.807, 2.05) is 31.2 Å². The number of carbonyl (C=O) groups excluding carboxylic acids is 4. The normalized spacial score (nSPS) is 19.9. The molecule has 0 saturated heterocycles. The number of fused-ring (bicyclic) bond motifs is 4. The van der Waals surface area contributed by atoms with E-state index in [-0.39, 0.29) is 40.7 Å². The molecule has 5 rings (SSSR count). The van der Waals surface area contributed by atoms with Gasteiger partial charge in [0.05, 0.1) is 12.7 Å². The summed E-state index contributed by atoms with van der Waals surface area (Å²) in [6, 6.07) is 10.6. The van der Waals surface area contributed by atoms with E-state index < -0.39 is 34.6 Å². The largest absolute Gasteiger partial charge is 0.507 e. The maximum atomic E-state index is 13.6. The van der Waals surface area contributed by atoms with Gasteiger partial charge in [0.25, 0.3) is 5.91 Å². The number of hydrogen-bond acceptors (Lipinski definition) is 7. The monoisotopic (exact) mass is 533 g/mol. The number of phenolic OH excluding ortho intramolecular Hbond substituents is 1. The first kappa shape index (κ1) is 25.5. The van der Waals surface area contributed by atoms with Crippen LogP contribution in [0.15, 0.2) is 48.2 Å². The fraction of sp³-hybridized carbons (Fsp3) is 0.241. The zero-order valence-electron chi connectivity index (χ0n) is 21.1. The molecule has 1 amide bonds. The minimum atomic E-state index is -1.63. The maximum Gasteiger partial charge on any atom is 0.259 e. The molecule has 9 heteroatoms. The number of rotatable bonds is 5. The molecule has 38 heavy (non-hydrogen) atoms. The Labute approximate surface area is 223 Å². The Kier molecular flexibility index (Phi) is 6.03. The minimum absolute atomic E-state index is 0.00873. The Bertz CT molecular complexity index is 1620. The average Bonchev–Trinajstić information content (AvgIpc) is 3.16. The lowest BCUT2D eigenvalue weighted by Crippen LogP contribution is -2.47. The Hall–Kier alpha value is -4.17. The van der Waals surface area contributed by atoms with Gasteiger partial charge in [-0.3, -0.25) is 19.2 Å². The molecule has 2 aliphatic rings.